The minimum atomic E-state index is -0.688. The molecule has 6 heteroatoms. The highest BCUT2D eigenvalue weighted by molar-refractivity contribution is 14.0. The van der Waals surface area contributed by atoms with Gasteiger partial charge in [-0.15, -0.1) is 24.0 Å². The zero-order valence-electron chi connectivity index (χ0n) is 14.9. The lowest BCUT2D eigenvalue weighted by Gasteiger charge is -2.30. The maximum atomic E-state index is 12.1. The van der Waals surface area contributed by atoms with E-state index in [1.807, 2.05) is 6.92 Å². The van der Waals surface area contributed by atoms with Crippen LogP contribution >= 0.6 is 24.0 Å². The minimum Gasteiger partial charge on any atom is -0.354 e. The Balaban J connectivity index is 0.00000288. The van der Waals surface area contributed by atoms with Crippen LogP contribution in [0, 0.1) is 6.92 Å². The first-order chi connectivity index (χ1) is 11.1. The molecule has 1 fully saturated rings. The van der Waals surface area contributed by atoms with Gasteiger partial charge in [0.25, 0.3) is 0 Å². The average Bonchev–Trinajstić information content (AvgIpc) is 2.59. The molecule has 1 aromatic rings. The first kappa shape index (κ1) is 21.4. The summed E-state index contributed by atoms with van der Waals surface area (Å²) in [5.74, 6) is 1.60. The van der Waals surface area contributed by atoms with E-state index in [1.54, 1.807) is 7.05 Å². The van der Waals surface area contributed by atoms with Crippen molar-refractivity contribution < 1.29 is 4.21 Å². The number of nitrogens with zero attached hydrogens (tertiary/aromatic N) is 1. The normalized spacial score (nSPS) is 22.4. The van der Waals surface area contributed by atoms with Crippen LogP contribution in [0.3, 0.4) is 0 Å². The molecule has 1 saturated carbocycles. The van der Waals surface area contributed by atoms with Crippen molar-refractivity contribution in [3.05, 3.63) is 35.4 Å². The fourth-order valence-electron chi connectivity index (χ4n) is 3.13. The molecular weight excluding hydrogens is 433 g/mol. The molecule has 4 nitrogen and oxygen atoms in total. The summed E-state index contributed by atoms with van der Waals surface area (Å²) < 4.78 is 12.1. The highest BCUT2D eigenvalue weighted by Gasteiger charge is 2.25. The van der Waals surface area contributed by atoms with E-state index < -0.39 is 10.8 Å². The van der Waals surface area contributed by atoms with E-state index in [2.05, 4.69) is 46.8 Å². The van der Waals surface area contributed by atoms with Crippen LogP contribution in [0.15, 0.2) is 29.3 Å². The number of benzene rings is 1. The molecule has 1 aliphatic carbocycles. The quantitative estimate of drug-likeness (QED) is 0.400. The fourth-order valence-corrected chi connectivity index (χ4v) is 4.47. The Kier molecular flexibility index (Phi) is 9.88. The van der Waals surface area contributed by atoms with Gasteiger partial charge in [0.05, 0.1) is 0 Å². The van der Waals surface area contributed by atoms with Crippen molar-refractivity contribution >= 4 is 40.7 Å². The average molecular weight is 463 g/mol. The lowest BCUT2D eigenvalue weighted by Crippen LogP contribution is -2.46. The third-order valence-electron chi connectivity index (χ3n) is 4.55. The molecule has 0 radical (unpaired) electrons. The second kappa shape index (κ2) is 11.1. The van der Waals surface area contributed by atoms with Crippen molar-refractivity contribution in [3.63, 3.8) is 0 Å². The zero-order valence-corrected chi connectivity index (χ0v) is 18.0. The summed E-state index contributed by atoms with van der Waals surface area (Å²) in [6, 6.07) is 8.75. The zero-order chi connectivity index (χ0) is 16.7. The summed E-state index contributed by atoms with van der Waals surface area (Å²) in [5, 5.41) is 7.24. The molecule has 2 rings (SSSR count). The van der Waals surface area contributed by atoms with Crippen LogP contribution < -0.4 is 10.6 Å². The largest absolute Gasteiger partial charge is 0.354 e. The summed E-state index contributed by atoms with van der Waals surface area (Å²) in [6.45, 7) is 4.90. The van der Waals surface area contributed by atoms with Crippen LogP contribution in [0.1, 0.15) is 43.7 Å². The number of hydrogen-bond acceptors (Lipinski definition) is 2. The Morgan fingerprint density at radius 1 is 1.33 bits per heavy atom. The Labute approximate surface area is 165 Å². The maximum absolute atomic E-state index is 12.1. The summed E-state index contributed by atoms with van der Waals surface area (Å²) in [7, 11) is 1.12. The smallest absolute Gasteiger partial charge is 0.191 e. The Morgan fingerprint density at radius 3 is 2.75 bits per heavy atom. The molecule has 0 heterocycles. The van der Waals surface area contributed by atoms with Crippen molar-refractivity contribution in [2.24, 2.45) is 4.99 Å². The molecule has 136 valence electrons. The van der Waals surface area contributed by atoms with Gasteiger partial charge in [-0.1, -0.05) is 37.6 Å². The van der Waals surface area contributed by atoms with E-state index in [0.717, 1.165) is 43.9 Å². The van der Waals surface area contributed by atoms with E-state index in [4.69, 9.17) is 0 Å². The highest BCUT2D eigenvalue weighted by atomic mass is 127. The van der Waals surface area contributed by atoms with Crippen LogP contribution in [0.2, 0.25) is 0 Å². The van der Waals surface area contributed by atoms with Gasteiger partial charge in [-0.3, -0.25) is 9.20 Å². The van der Waals surface area contributed by atoms with Crippen LogP contribution in [-0.4, -0.2) is 34.3 Å². The predicted octanol–water partition coefficient (Wildman–Crippen LogP) is 3.36. The first-order valence-electron chi connectivity index (χ1n) is 8.53. The monoisotopic (exact) mass is 463 g/mol. The number of nitrogens with one attached hydrogen (secondary N) is 2. The maximum Gasteiger partial charge on any atom is 0.191 e. The van der Waals surface area contributed by atoms with Gasteiger partial charge in [0.15, 0.2) is 5.96 Å². The topological polar surface area (TPSA) is 53.5 Å². The molecule has 0 aliphatic heterocycles. The van der Waals surface area contributed by atoms with E-state index >= 15 is 0 Å². The lowest BCUT2D eigenvalue weighted by atomic mass is 9.95. The minimum absolute atomic E-state index is 0. The fraction of sp³-hybridized carbons (Fsp3) is 0.611. The van der Waals surface area contributed by atoms with Crippen LogP contribution in [0.5, 0.6) is 0 Å². The van der Waals surface area contributed by atoms with Crippen LogP contribution in [0.25, 0.3) is 0 Å². The number of rotatable bonds is 5. The molecular formula is C18H30IN3OS. The molecule has 3 atom stereocenters. The standard InChI is InChI=1S/C18H29N3OS.HI/c1-4-23(22)17-11-7-10-16(12-17)21-18(19-3)20-13-15-9-6-5-8-14(15)2;/h5-6,8-9,16-17H,4,7,10-13H2,1-3H3,(H2,19,20,21);1H. The molecule has 1 aromatic carbocycles. The number of guanidine groups is 1. The lowest BCUT2D eigenvalue weighted by molar-refractivity contribution is 0.413. The van der Waals surface area contributed by atoms with Gasteiger partial charge in [0.2, 0.25) is 0 Å². The third-order valence-corrected chi connectivity index (χ3v) is 6.30. The third kappa shape index (κ3) is 6.35. The van der Waals surface area contributed by atoms with Crippen molar-refractivity contribution in [3.8, 4) is 0 Å². The van der Waals surface area contributed by atoms with Gasteiger partial charge in [-0.05, 0) is 37.3 Å². The SMILES string of the molecule is CCS(=O)C1CCCC(NC(=NC)NCc2ccccc2C)C1.I. The van der Waals surface area contributed by atoms with Gasteiger partial charge < -0.3 is 10.6 Å². The number of aliphatic imine (C=N–C) groups is 1. The molecule has 1 aliphatic rings. The molecule has 0 amide bonds. The van der Waals surface area contributed by atoms with Crippen molar-refractivity contribution in [2.45, 2.75) is 57.4 Å². The highest BCUT2D eigenvalue weighted by Crippen LogP contribution is 2.23. The van der Waals surface area contributed by atoms with Gasteiger partial charge >= 0.3 is 0 Å². The van der Waals surface area contributed by atoms with E-state index in [0.29, 0.717) is 11.3 Å². The number of aryl methyl sites for hydroxylation is 1. The molecule has 0 bridgehead atoms. The summed E-state index contributed by atoms with van der Waals surface area (Å²) in [4.78, 5) is 4.34. The summed E-state index contributed by atoms with van der Waals surface area (Å²) >= 11 is 0. The van der Waals surface area contributed by atoms with Crippen molar-refractivity contribution in [1.29, 1.82) is 0 Å². The van der Waals surface area contributed by atoms with Crippen molar-refractivity contribution in [1.82, 2.24) is 10.6 Å². The van der Waals surface area contributed by atoms with E-state index in [9.17, 15) is 4.21 Å². The number of halogens is 1. The van der Waals surface area contributed by atoms with E-state index in [-0.39, 0.29) is 24.0 Å². The van der Waals surface area contributed by atoms with E-state index in [1.165, 1.54) is 11.1 Å². The molecule has 0 aromatic heterocycles. The Hall–Kier alpha value is -0.630. The van der Waals surface area contributed by atoms with Crippen LogP contribution in [0.4, 0.5) is 0 Å². The Bertz CT molecular complexity index is 565. The molecule has 2 N–H and O–H groups in total. The second-order valence-corrected chi connectivity index (χ2v) is 8.16. The van der Waals surface area contributed by atoms with Gasteiger partial charge in [-0.2, -0.15) is 0 Å². The van der Waals surface area contributed by atoms with Gasteiger partial charge in [0, 0.05) is 41.4 Å². The predicted molar refractivity (Wildman–Crippen MR) is 115 cm³/mol. The molecule has 0 spiro atoms. The van der Waals surface area contributed by atoms with Gasteiger partial charge in [-0.25, -0.2) is 0 Å². The molecule has 24 heavy (non-hydrogen) atoms. The van der Waals surface area contributed by atoms with Crippen LogP contribution in [-0.2, 0) is 17.3 Å². The number of hydrogen-bond donors (Lipinski definition) is 2. The second-order valence-electron chi connectivity index (χ2n) is 6.15. The Morgan fingerprint density at radius 2 is 2.08 bits per heavy atom. The summed E-state index contributed by atoms with van der Waals surface area (Å²) in [6.07, 6.45) is 4.34. The van der Waals surface area contributed by atoms with Crippen molar-refractivity contribution in [2.75, 3.05) is 12.8 Å². The van der Waals surface area contributed by atoms with Gasteiger partial charge in [0.1, 0.15) is 0 Å². The summed E-state index contributed by atoms with van der Waals surface area (Å²) in [5.41, 5.74) is 2.57. The molecule has 0 saturated heterocycles. The first-order valence-corrected chi connectivity index (χ1v) is 9.91. The molecule has 3 unspecified atom stereocenters.